The van der Waals surface area contributed by atoms with Crippen LogP contribution < -0.4 is 20.1 Å². The van der Waals surface area contributed by atoms with Gasteiger partial charge in [-0.15, -0.1) is 30.4 Å². The normalized spacial score (nSPS) is 14.4. The van der Waals surface area contributed by atoms with E-state index in [0.29, 0.717) is 19.0 Å². The summed E-state index contributed by atoms with van der Waals surface area (Å²) in [4.78, 5) is 4.60. The summed E-state index contributed by atoms with van der Waals surface area (Å²) in [5.74, 6) is 4.82. The number of rotatable bonds is 7. The minimum atomic E-state index is 0. The van der Waals surface area contributed by atoms with Gasteiger partial charge < -0.3 is 20.1 Å². The lowest BCUT2D eigenvalue weighted by atomic mass is 10.1. The van der Waals surface area contributed by atoms with Gasteiger partial charge in [0.1, 0.15) is 0 Å². The Morgan fingerprint density at radius 3 is 2.72 bits per heavy atom. The van der Waals surface area contributed by atoms with Crippen LogP contribution in [0.3, 0.4) is 0 Å². The van der Waals surface area contributed by atoms with E-state index in [0.717, 1.165) is 36.4 Å². The molecule has 6 heteroatoms. The summed E-state index contributed by atoms with van der Waals surface area (Å²) in [7, 11) is 1.67. The minimum Gasteiger partial charge on any atom is -0.493 e. The zero-order valence-corrected chi connectivity index (χ0v) is 17.3. The van der Waals surface area contributed by atoms with E-state index in [4.69, 9.17) is 15.9 Å². The SMILES string of the molecule is C#CCNC(=NCc1cccc(OC)c1OC1CCCC1)NCC.I. The summed E-state index contributed by atoms with van der Waals surface area (Å²) >= 11 is 0. The third-order valence-electron chi connectivity index (χ3n) is 3.98. The zero-order chi connectivity index (χ0) is 17.2. The van der Waals surface area contributed by atoms with Crippen LogP contribution in [0, 0.1) is 12.3 Å². The average molecular weight is 457 g/mol. The van der Waals surface area contributed by atoms with Gasteiger partial charge in [0.15, 0.2) is 17.5 Å². The zero-order valence-electron chi connectivity index (χ0n) is 15.0. The number of aliphatic imine (C=N–C) groups is 1. The number of halogens is 1. The van der Waals surface area contributed by atoms with Crippen molar-refractivity contribution in [2.24, 2.45) is 4.99 Å². The van der Waals surface area contributed by atoms with Gasteiger partial charge in [-0.25, -0.2) is 4.99 Å². The number of nitrogens with one attached hydrogen (secondary N) is 2. The molecule has 0 saturated heterocycles. The van der Waals surface area contributed by atoms with Gasteiger partial charge in [-0.3, -0.25) is 0 Å². The number of guanidine groups is 1. The maximum absolute atomic E-state index is 6.23. The standard InChI is InChI=1S/C19H27N3O2.HI/c1-4-13-21-19(20-5-2)22-14-15-9-8-12-17(23-3)18(15)24-16-10-6-7-11-16;/h1,8-9,12,16H,5-7,10-11,13-14H2,2-3H3,(H2,20,21,22);1H. The molecule has 0 spiro atoms. The van der Waals surface area contributed by atoms with Crippen LogP contribution in [0.5, 0.6) is 11.5 Å². The molecule has 1 aliphatic rings. The van der Waals surface area contributed by atoms with E-state index >= 15 is 0 Å². The molecule has 0 heterocycles. The van der Waals surface area contributed by atoms with E-state index in [1.165, 1.54) is 12.8 Å². The van der Waals surface area contributed by atoms with Crippen LogP contribution in [-0.4, -0.2) is 32.3 Å². The second kappa shape index (κ2) is 11.9. The van der Waals surface area contributed by atoms with Crippen molar-refractivity contribution in [2.75, 3.05) is 20.2 Å². The van der Waals surface area contributed by atoms with Crippen LogP contribution in [-0.2, 0) is 6.54 Å². The number of para-hydroxylation sites is 1. The largest absolute Gasteiger partial charge is 0.493 e. The topological polar surface area (TPSA) is 54.9 Å². The van der Waals surface area contributed by atoms with Crippen molar-refractivity contribution in [1.29, 1.82) is 0 Å². The number of hydrogen-bond acceptors (Lipinski definition) is 3. The maximum Gasteiger partial charge on any atom is 0.192 e. The molecule has 2 rings (SSSR count). The highest BCUT2D eigenvalue weighted by Gasteiger charge is 2.20. The van der Waals surface area contributed by atoms with Crippen LogP contribution in [0.4, 0.5) is 0 Å². The molecule has 0 aliphatic heterocycles. The summed E-state index contributed by atoms with van der Waals surface area (Å²) in [5, 5.41) is 6.27. The third-order valence-corrected chi connectivity index (χ3v) is 3.98. The second-order valence-electron chi connectivity index (χ2n) is 5.73. The maximum atomic E-state index is 6.23. The summed E-state index contributed by atoms with van der Waals surface area (Å²) < 4.78 is 11.7. The molecule has 1 aromatic carbocycles. The van der Waals surface area contributed by atoms with E-state index in [9.17, 15) is 0 Å². The van der Waals surface area contributed by atoms with E-state index in [-0.39, 0.29) is 30.1 Å². The number of benzene rings is 1. The summed E-state index contributed by atoms with van der Waals surface area (Å²) in [6, 6.07) is 5.92. The Kier molecular flexibility index (Phi) is 10.2. The van der Waals surface area contributed by atoms with Crippen LogP contribution in [0.1, 0.15) is 38.2 Å². The van der Waals surface area contributed by atoms with E-state index in [1.807, 2.05) is 25.1 Å². The van der Waals surface area contributed by atoms with Gasteiger partial charge in [0.05, 0.1) is 26.3 Å². The Labute approximate surface area is 168 Å². The molecule has 0 atom stereocenters. The van der Waals surface area contributed by atoms with Crippen molar-refractivity contribution >= 4 is 29.9 Å². The first-order valence-electron chi connectivity index (χ1n) is 8.56. The highest BCUT2D eigenvalue weighted by molar-refractivity contribution is 14.0. The minimum absolute atomic E-state index is 0. The van der Waals surface area contributed by atoms with Crippen molar-refractivity contribution in [3.8, 4) is 23.8 Å². The molecule has 25 heavy (non-hydrogen) atoms. The van der Waals surface area contributed by atoms with Gasteiger partial charge in [-0.2, -0.15) is 0 Å². The average Bonchev–Trinajstić information content (AvgIpc) is 3.11. The van der Waals surface area contributed by atoms with Gasteiger partial charge in [0.2, 0.25) is 0 Å². The molecule has 1 fully saturated rings. The molecule has 0 unspecified atom stereocenters. The molecule has 0 radical (unpaired) electrons. The van der Waals surface area contributed by atoms with Crippen LogP contribution in [0.15, 0.2) is 23.2 Å². The Balaban J connectivity index is 0.00000312. The van der Waals surface area contributed by atoms with Gasteiger partial charge in [0, 0.05) is 12.1 Å². The van der Waals surface area contributed by atoms with Crippen molar-refractivity contribution < 1.29 is 9.47 Å². The summed E-state index contributed by atoms with van der Waals surface area (Å²) in [6.07, 6.45) is 10.2. The quantitative estimate of drug-likeness (QED) is 0.286. The lowest BCUT2D eigenvalue weighted by Gasteiger charge is -2.19. The molecule has 138 valence electrons. The lowest BCUT2D eigenvalue weighted by molar-refractivity contribution is 0.198. The molecule has 0 aromatic heterocycles. The van der Waals surface area contributed by atoms with E-state index in [1.54, 1.807) is 7.11 Å². The predicted molar refractivity (Wildman–Crippen MR) is 113 cm³/mol. The molecular formula is C19H28IN3O2. The molecule has 1 saturated carbocycles. The summed E-state index contributed by atoms with van der Waals surface area (Å²) in [6.45, 7) is 3.74. The van der Waals surface area contributed by atoms with Crippen molar-refractivity contribution in [3.05, 3.63) is 23.8 Å². The molecule has 1 aliphatic carbocycles. The van der Waals surface area contributed by atoms with Gasteiger partial charge in [-0.05, 0) is 38.7 Å². The highest BCUT2D eigenvalue weighted by atomic mass is 127. The van der Waals surface area contributed by atoms with Gasteiger partial charge in [0.25, 0.3) is 0 Å². The molecule has 1 aromatic rings. The number of hydrogen-bond donors (Lipinski definition) is 2. The molecule has 5 nitrogen and oxygen atoms in total. The van der Waals surface area contributed by atoms with Crippen molar-refractivity contribution in [3.63, 3.8) is 0 Å². The van der Waals surface area contributed by atoms with Gasteiger partial charge >= 0.3 is 0 Å². The molecular weight excluding hydrogens is 429 g/mol. The summed E-state index contributed by atoms with van der Waals surface area (Å²) in [5.41, 5.74) is 1.01. The molecule has 2 N–H and O–H groups in total. The third kappa shape index (κ3) is 6.65. The Bertz CT molecular complexity index is 593. The number of methoxy groups -OCH3 is 1. The first-order valence-corrected chi connectivity index (χ1v) is 8.56. The first-order chi connectivity index (χ1) is 11.8. The fourth-order valence-electron chi connectivity index (χ4n) is 2.79. The smallest absolute Gasteiger partial charge is 0.192 e. The molecule has 0 bridgehead atoms. The van der Waals surface area contributed by atoms with Gasteiger partial charge in [-0.1, -0.05) is 18.1 Å². The number of ether oxygens (including phenoxy) is 2. The Morgan fingerprint density at radius 2 is 2.08 bits per heavy atom. The number of terminal acetylenes is 1. The monoisotopic (exact) mass is 457 g/mol. The second-order valence-corrected chi connectivity index (χ2v) is 5.73. The highest BCUT2D eigenvalue weighted by Crippen LogP contribution is 2.35. The van der Waals surface area contributed by atoms with Crippen molar-refractivity contribution in [2.45, 2.75) is 45.3 Å². The predicted octanol–water partition coefficient (Wildman–Crippen LogP) is 3.32. The van der Waals surface area contributed by atoms with Crippen LogP contribution in [0.25, 0.3) is 0 Å². The van der Waals surface area contributed by atoms with Crippen molar-refractivity contribution in [1.82, 2.24) is 10.6 Å². The fraction of sp³-hybridized carbons (Fsp3) is 0.526. The van der Waals surface area contributed by atoms with E-state index in [2.05, 4.69) is 21.5 Å². The van der Waals surface area contributed by atoms with Crippen LogP contribution in [0.2, 0.25) is 0 Å². The first kappa shape index (κ1) is 21.4. The van der Waals surface area contributed by atoms with E-state index < -0.39 is 0 Å². The molecule has 0 amide bonds. The Morgan fingerprint density at radius 1 is 1.32 bits per heavy atom. The Hall–Kier alpha value is -1.62. The lowest BCUT2D eigenvalue weighted by Crippen LogP contribution is -2.37. The number of nitrogens with zero attached hydrogens (tertiary/aromatic N) is 1. The fourth-order valence-corrected chi connectivity index (χ4v) is 2.79. The van der Waals surface area contributed by atoms with Crippen LogP contribution >= 0.6 is 24.0 Å².